The van der Waals surface area contributed by atoms with Gasteiger partial charge in [-0.15, -0.1) is 0 Å². The molecular weight excluding hydrogens is 482 g/mol. The van der Waals surface area contributed by atoms with Crippen LogP contribution in [0.2, 0.25) is 0 Å². The minimum absolute atomic E-state index is 0.0227. The summed E-state index contributed by atoms with van der Waals surface area (Å²) in [6.45, 7) is -0.185. The lowest BCUT2D eigenvalue weighted by molar-refractivity contribution is -0.140. The number of hydrogen-bond donors (Lipinski definition) is 1. The number of carbonyl (C=O) groups is 3. The average molecular weight is 508 g/mol. The molecule has 1 fully saturated rings. The van der Waals surface area contributed by atoms with E-state index in [2.05, 4.69) is 0 Å². The number of para-hydroxylation sites is 2. The van der Waals surface area contributed by atoms with E-state index in [9.17, 15) is 22.8 Å². The van der Waals surface area contributed by atoms with Crippen molar-refractivity contribution in [1.82, 2.24) is 4.90 Å². The molecule has 0 aromatic heterocycles. The third-order valence-electron chi connectivity index (χ3n) is 5.83. The summed E-state index contributed by atoms with van der Waals surface area (Å²) in [7, 11) is -3.83. The van der Waals surface area contributed by atoms with Gasteiger partial charge >= 0.3 is 0 Å². The molecule has 3 aromatic rings. The molecule has 1 saturated heterocycles. The third kappa shape index (κ3) is 5.78. The molecule has 1 heterocycles. The Balaban J connectivity index is 1.54. The van der Waals surface area contributed by atoms with Crippen molar-refractivity contribution in [3.05, 3.63) is 90.5 Å². The third-order valence-corrected chi connectivity index (χ3v) is 6.76. The van der Waals surface area contributed by atoms with Crippen molar-refractivity contribution in [1.29, 1.82) is 0 Å². The van der Waals surface area contributed by atoms with E-state index < -0.39 is 33.8 Å². The number of nitrogens with zero attached hydrogens (tertiary/aromatic N) is 2. The van der Waals surface area contributed by atoms with Crippen LogP contribution in [-0.4, -0.2) is 50.2 Å². The number of amides is 3. The predicted molar refractivity (Wildman–Crippen MR) is 133 cm³/mol. The molecule has 36 heavy (non-hydrogen) atoms. The van der Waals surface area contributed by atoms with Crippen LogP contribution in [0, 0.1) is 0 Å². The molecule has 1 atom stereocenters. The van der Waals surface area contributed by atoms with Crippen molar-refractivity contribution in [2.75, 3.05) is 18.1 Å². The monoisotopic (exact) mass is 507 g/mol. The highest BCUT2D eigenvalue weighted by molar-refractivity contribution is 7.89. The number of anilines is 1. The summed E-state index contributed by atoms with van der Waals surface area (Å²) in [5.74, 6) is -0.815. The summed E-state index contributed by atoms with van der Waals surface area (Å²) < 4.78 is 28.6. The van der Waals surface area contributed by atoms with E-state index in [-0.39, 0.29) is 24.5 Å². The molecule has 2 N–H and O–H groups in total. The number of imide groups is 1. The molecule has 10 heteroatoms. The Morgan fingerprint density at radius 3 is 2.17 bits per heavy atom. The molecule has 1 unspecified atom stereocenters. The van der Waals surface area contributed by atoms with Crippen LogP contribution >= 0.6 is 0 Å². The molecule has 9 nitrogen and oxygen atoms in total. The fraction of sp³-hybridized carbons (Fsp3) is 0.192. The number of ether oxygens (including phenoxy) is 1. The zero-order valence-corrected chi connectivity index (χ0v) is 20.1. The van der Waals surface area contributed by atoms with Gasteiger partial charge in [0.2, 0.25) is 15.9 Å². The fourth-order valence-corrected chi connectivity index (χ4v) is 4.52. The van der Waals surface area contributed by atoms with Gasteiger partial charge in [0.15, 0.2) is 6.61 Å². The van der Waals surface area contributed by atoms with E-state index in [1.165, 1.54) is 17.0 Å². The maximum Gasteiger partial charge on any atom is 0.261 e. The van der Waals surface area contributed by atoms with Gasteiger partial charge in [0, 0.05) is 6.54 Å². The number of rotatable bonds is 9. The van der Waals surface area contributed by atoms with Gasteiger partial charge in [-0.05, 0) is 48.4 Å². The molecule has 0 spiro atoms. The standard InChI is InChI=1S/C26H25N3O6S/c27-36(33,34)22-13-11-19(12-14-22)15-16-28(25(31)18-35-21-9-5-2-6-10-21)23-17-24(30)29(26(23)32)20-7-3-1-4-8-20/h1-14,23H,15-18H2,(H2,27,33,34). The Labute approximate surface area is 209 Å². The molecule has 0 radical (unpaired) electrons. The van der Waals surface area contributed by atoms with E-state index in [4.69, 9.17) is 9.88 Å². The predicted octanol–water partition coefficient (Wildman–Crippen LogP) is 2.12. The SMILES string of the molecule is NS(=O)(=O)c1ccc(CCN(C(=O)COc2ccccc2)C2CC(=O)N(c3ccccc3)C2=O)cc1. The van der Waals surface area contributed by atoms with Crippen molar-refractivity contribution in [3.8, 4) is 5.75 Å². The first-order valence-electron chi connectivity index (χ1n) is 11.2. The van der Waals surface area contributed by atoms with Crippen molar-refractivity contribution in [2.24, 2.45) is 5.14 Å². The first-order chi connectivity index (χ1) is 17.2. The van der Waals surface area contributed by atoms with Crippen LogP contribution in [0.25, 0.3) is 0 Å². The minimum atomic E-state index is -3.83. The van der Waals surface area contributed by atoms with Gasteiger partial charge < -0.3 is 9.64 Å². The summed E-state index contributed by atoms with van der Waals surface area (Å²) in [5.41, 5.74) is 1.18. The van der Waals surface area contributed by atoms with Gasteiger partial charge in [0.1, 0.15) is 11.8 Å². The van der Waals surface area contributed by atoms with Gasteiger partial charge in [0.25, 0.3) is 11.8 Å². The van der Waals surface area contributed by atoms with Crippen LogP contribution in [0.1, 0.15) is 12.0 Å². The second-order valence-corrected chi connectivity index (χ2v) is 9.81. The Hall–Kier alpha value is -4.02. The lowest BCUT2D eigenvalue weighted by Gasteiger charge is -2.28. The topological polar surface area (TPSA) is 127 Å². The lowest BCUT2D eigenvalue weighted by atomic mass is 10.1. The van der Waals surface area contributed by atoms with Crippen LogP contribution in [0.5, 0.6) is 5.75 Å². The Kier molecular flexibility index (Phi) is 7.47. The van der Waals surface area contributed by atoms with Gasteiger partial charge in [-0.1, -0.05) is 48.5 Å². The number of primary sulfonamides is 1. The fourth-order valence-electron chi connectivity index (χ4n) is 4.00. The van der Waals surface area contributed by atoms with Gasteiger partial charge in [-0.25, -0.2) is 18.5 Å². The van der Waals surface area contributed by atoms with E-state index in [0.29, 0.717) is 17.9 Å². The molecule has 0 aliphatic carbocycles. The van der Waals surface area contributed by atoms with Gasteiger partial charge in [-0.2, -0.15) is 0 Å². The van der Waals surface area contributed by atoms with E-state index in [1.54, 1.807) is 66.7 Å². The molecule has 1 aliphatic rings. The molecule has 0 bridgehead atoms. The molecule has 186 valence electrons. The Morgan fingerprint density at radius 1 is 0.944 bits per heavy atom. The zero-order chi connectivity index (χ0) is 25.7. The molecular formula is C26H25N3O6S. The van der Waals surface area contributed by atoms with E-state index in [1.807, 2.05) is 6.07 Å². The maximum absolute atomic E-state index is 13.3. The second kappa shape index (κ2) is 10.7. The summed E-state index contributed by atoms with van der Waals surface area (Å²) in [6.07, 6.45) is 0.181. The number of sulfonamides is 1. The van der Waals surface area contributed by atoms with Crippen LogP contribution in [-0.2, 0) is 30.8 Å². The van der Waals surface area contributed by atoms with Crippen molar-refractivity contribution < 1.29 is 27.5 Å². The largest absolute Gasteiger partial charge is 0.484 e. The Morgan fingerprint density at radius 2 is 1.56 bits per heavy atom. The number of benzene rings is 3. The summed E-state index contributed by atoms with van der Waals surface area (Å²) >= 11 is 0. The molecule has 0 saturated carbocycles. The zero-order valence-electron chi connectivity index (χ0n) is 19.3. The highest BCUT2D eigenvalue weighted by Crippen LogP contribution is 2.26. The highest BCUT2D eigenvalue weighted by atomic mass is 32.2. The first-order valence-corrected chi connectivity index (χ1v) is 12.8. The highest BCUT2D eigenvalue weighted by Gasteiger charge is 2.44. The van der Waals surface area contributed by atoms with Crippen molar-refractivity contribution in [2.45, 2.75) is 23.8 Å². The van der Waals surface area contributed by atoms with Crippen LogP contribution in [0.3, 0.4) is 0 Å². The van der Waals surface area contributed by atoms with E-state index in [0.717, 1.165) is 10.5 Å². The smallest absolute Gasteiger partial charge is 0.261 e. The normalized spacial score (nSPS) is 15.7. The second-order valence-electron chi connectivity index (χ2n) is 8.25. The molecule has 3 aromatic carbocycles. The summed E-state index contributed by atoms with van der Waals surface area (Å²) in [6, 6.07) is 22.4. The minimum Gasteiger partial charge on any atom is -0.484 e. The lowest BCUT2D eigenvalue weighted by Crippen LogP contribution is -2.48. The molecule has 1 aliphatic heterocycles. The van der Waals surface area contributed by atoms with Gasteiger partial charge in [-0.3, -0.25) is 14.4 Å². The van der Waals surface area contributed by atoms with Crippen molar-refractivity contribution in [3.63, 3.8) is 0 Å². The molecule has 4 rings (SSSR count). The number of hydrogen-bond acceptors (Lipinski definition) is 6. The number of carbonyl (C=O) groups excluding carboxylic acids is 3. The van der Waals surface area contributed by atoms with E-state index >= 15 is 0 Å². The van der Waals surface area contributed by atoms with Crippen LogP contribution in [0.4, 0.5) is 5.69 Å². The van der Waals surface area contributed by atoms with Crippen LogP contribution in [0.15, 0.2) is 89.8 Å². The average Bonchev–Trinajstić information content (AvgIpc) is 3.17. The quantitative estimate of drug-likeness (QED) is 0.442. The van der Waals surface area contributed by atoms with Gasteiger partial charge in [0.05, 0.1) is 17.0 Å². The van der Waals surface area contributed by atoms with Crippen molar-refractivity contribution >= 4 is 33.4 Å². The first kappa shape index (κ1) is 25.1. The Bertz CT molecular complexity index is 1350. The summed E-state index contributed by atoms with van der Waals surface area (Å²) in [5, 5.41) is 5.15. The van der Waals surface area contributed by atoms with Crippen LogP contribution < -0.4 is 14.8 Å². The maximum atomic E-state index is 13.3. The summed E-state index contributed by atoms with van der Waals surface area (Å²) in [4.78, 5) is 41.7. The number of nitrogens with two attached hydrogens (primary N) is 1. The molecule has 3 amide bonds.